The molecule has 1 N–H and O–H groups in total. The van der Waals surface area contributed by atoms with Crippen LogP contribution in [0.2, 0.25) is 0 Å². The normalized spacial score (nSPS) is 19.2. The fourth-order valence-electron chi connectivity index (χ4n) is 4.97. The topological polar surface area (TPSA) is 63.3 Å². The number of rotatable bonds is 10. The Morgan fingerprint density at radius 1 is 1.06 bits per heavy atom. The summed E-state index contributed by atoms with van der Waals surface area (Å²) in [5.41, 5.74) is 4.94. The second-order valence-corrected chi connectivity index (χ2v) is 9.09. The third kappa shape index (κ3) is 6.42. The number of hydrogen-bond donors (Lipinski definition) is 1. The van der Waals surface area contributed by atoms with Crippen molar-refractivity contribution in [1.82, 2.24) is 10.4 Å². The molecule has 0 radical (unpaired) electrons. The van der Waals surface area contributed by atoms with Gasteiger partial charge in [0.2, 0.25) is 0 Å². The van der Waals surface area contributed by atoms with Crippen LogP contribution < -0.4 is 19.9 Å². The van der Waals surface area contributed by atoms with E-state index in [9.17, 15) is 4.79 Å². The van der Waals surface area contributed by atoms with E-state index < -0.39 is 0 Å². The van der Waals surface area contributed by atoms with Crippen molar-refractivity contribution in [2.75, 3.05) is 44.8 Å². The molecule has 1 amide bonds. The molecule has 1 saturated heterocycles. The summed E-state index contributed by atoms with van der Waals surface area (Å²) in [5.74, 6) is 1.50. The lowest BCUT2D eigenvalue weighted by molar-refractivity contribution is -0.134. The van der Waals surface area contributed by atoms with Crippen LogP contribution in [-0.2, 0) is 16.1 Å². The summed E-state index contributed by atoms with van der Waals surface area (Å²) in [6, 6.07) is 17.0. The number of piperazine rings is 1. The molecule has 0 bridgehead atoms. The Bertz CT molecular complexity index is 917. The molecule has 2 fully saturated rings. The first-order valence-corrected chi connectivity index (χ1v) is 12.4. The Labute approximate surface area is 202 Å². The van der Waals surface area contributed by atoms with Gasteiger partial charge in [-0.15, -0.1) is 0 Å². The van der Waals surface area contributed by atoms with Crippen LogP contribution in [0.5, 0.6) is 11.5 Å². The van der Waals surface area contributed by atoms with E-state index in [1.807, 2.05) is 19.1 Å². The third-order valence-electron chi connectivity index (χ3n) is 6.65. The molecule has 0 spiro atoms. The van der Waals surface area contributed by atoms with E-state index in [-0.39, 0.29) is 18.1 Å². The van der Waals surface area contributed by atoms with Gasteiger partial charge >= 0.3 is 0 Å². The maximum atomic E-state index is 12.2. The van der Waals surface area contributed by atoms with Gasteiger partial charge in [0, 0.05) is 37.4 Å². The van der Waals surface area contributed by atoms with Crippen molar-refractivity contribution < 1.29 is 19.1 Å². The fraction of sp³-hybridized carbons (Fsp3) is 0.519. The highest BCUT2D eigenvalue weighted by molar-refractivity contribution is 5.77. The van der Waals surface area contributed by atoms with Crippen LogP contribution in [0.3, 0.4) is 0 Å². The summed E-state index contributed by atoms with van der Waals surface area (Å²) in [5, 5.41) is 0. The number of methoxy groups -OCH3 is 1. The number of carbonyl (C=O) groups is 1. The van der Waals surface area contributed by atoms with Gasteiger partial charge in [-0.2, -0.15) is 0 Å². The molecule has 0 aromatic heterocycles. The number of carbonyl (C=O) groups excluding carboxylic acids is 1. The lowest BCUT2D eigenvalue weighted by atomic mass is 10.0. The SMILES string of the molecule is CCONC(=O)CN1CCN(c2ccc(OC)c(OC3CCCC3)c2)C(Cc2ccccc2)C1. The Hall–Kier alpha value is -2.77. The number of ether oxygens (including phenoxy) is 2. The van der Waals surface area contributed by atoms with Gasteiger partial charge in [-0.3, -0.25) is 14.5 Å². The lowest BCUT2D eigenvalue weighted by Crippen LogP contribution is -2.56. The molecule has 1 atom stereocenters. The van der Waals surface area contributed by atoms with Gasteiger partial charge in [0.1, 0.15) is 0 Å². The zero-order chi connectivity index (χ0) is 23.8. The number of anilines is 1. The summed E-state index contributed by atoms with van der Waals surface area (Å²) in [6.45, 7) is 5.06. The summed E-state index contributed by atoms with van der Waals surface area (Å²) >= 11 is 0. The first-order chi connectivity index (χ1) is 16.7. The molecule has 2 aromatic carbocycles. The van der Waals surface area contributed by atoms with Crippen LogP contribution in [0.4, 0.5) is 5.69 Å². The van der Waals surface area contributed by atoms with E-state index in [1.54, 1.807) is 7.11 Å². The Balaban J connectivity index is 1.53. The van der Waals surface area contributed by atoms with Crippen molar-refractivity contribution in [1.29, 1.82) is 0 Å². The van der Waals surface area contributed by atoms with Crippen LogP contribution in [0.1, 0.15) is 38.2 Å². The van der Waals surface area contributed by atoms with Crippen molar-refractivity contribution in [3.05, 3.63) is 54.1 Å². The highest BCUT2D eigenvalue weighted by Crippen LogP contribution is 2.36. The zero-order valence-corrected chi connectivity index (χ0v) is 20.4. The minimum Gasteiger partial charge on any atom is -0.493 e. The molecule has 184 valence electrons. The Morgan fingerprint density at radius 3 is 2.59 bits per heavy atom. The van der Waals surface area contributed by atoms with Crippen molar-refractivity contribution in [2.24, 2.45) is 0 Å². The van der Waals surface area contributed by atoms with Crippen molar-refractivity contribution in [2.45, 2.75) is 51.2 Å². The van der Waals surface area contributed by atoms with Crippen molar-refractivity contribution in [3.8, 4) is 11.5 Å². The van der Waals surface area contributed by atoms with Gasteiger partial charge in [0.15, 0.2) is 11.5 Å². The average Bonchev–Trinajstić information content (AvgIpc) is 3.37. The second kappa shape index (κ2) is 12.1. The molecule has 7 nitrogen and oxygen atoms in total. The molecule has 1 aliphatic heterocycles. The quantitative estimate of drug-likeness (QED) is 0.536. The Kier molecular flexibility index (Phi) is 8.66. The summed E-state index contributed by atoms with van der Waals surface area (Å²) in [4.78, 5) is 22.0. The van der Waals surface area contributed by atoms with Gasteiger partial charge in [0.25, 0.3) is 5.91 Å². The molecular formula is C27H37N3O4. The van der Waals surface area contributed by atoms with Gasteiger partial charge < -0.3 is 14.4 Å². The highest BCUT2D eigenvalue weighted by atomic mass is 16.6. The summed E-state index contributed by atoms with van der Waals surface area (Å²) < 4.78 is 12.0. The molecule has 1 heterocycles. The predicted octanol–water partition coefficient (Wildman–Crippen LogP) is 3.82. The van der Waals surface area contributed by atoms with E-state index in [0.717, 1.165) is 56.1 Å². The number of amides is 1. The first kappa shape index (κ1) is 24.4. The highest BCUT2D eigenvalue weighted by Gasteiger charge is 2.29. The minimum absolute atomic E-state index is 0.106. The van der Waals surface area contributed by atoms with E-state index in [1.165, 1.54) is 18.4 Å². The van der Waals surface area contributed by atoms with Crippen LogP contribution in [0.25, 0.3) is 0 Å². The van der Waals surface area contributed by atoms with Crippen LogP contribution >= 0.6 is 0 Å². The molecule has 34 heavy (non-hydrogen) atoms. The van der Waals surface area contributed by atoms with E-state index in [0.29, 0.717) is 13.2 Å². The van der Waals surface area contributed by atoms with Crippen molar-refractivity contribution >= 4 is 11.6 Å². The lowest BCUT2D eigenvalue weighted by Gasteiger charge is -2.43. The smallest absolute Gasteiger partial charge is 0.257 e. The van der Waals surface area contributed by atoms with Crippen LogP contribution in [-0.4, -0.2) is 62.8 Å². The van der Waals surface area contributed by atoms with E-state index in [4.69, 9.17) is 14.3 Å². The van der Waals surface area contributed by atoms with Crippen LogP contribution in [0.15, 0.2) is 48.5 Å². The molecule has 2 aromatic rings. The number of hydroxylamine groups is 1. The Morgan fingerprint density at radius 2 is 1.85 bits per heavy atom. The van der Waals surface area contributed by atoms with E-state index >= 15 is 0 Å². The molecule has 1 aliphatic carbocycles. The first-order valence-electron chi connectivity index (χ1n) is 12.4. The fourth-order valence-corrected chi connectivity index (χ4v) is 4.97. The zero-order valence-electron chi connectivity index (χ0n) is 20.4. The maximum Gasteiger partial charge on any atom is 0.257 e. The van der Waals surface area contributed by atoms with Gasteiger partial charge in [-0.05, 0) is 56.7 Å². The van der Waals surface area contributed by atoms with Gasteiger partial charge in [0.05, 0.1) is 26.4 Å². The number of nitrogens with zero attached hydrogens (tertiary/aromatic N) is 2. The number of hydrogen-bond acceptors (Lipinski definition) is 6. The average molecular weight is 468 g/mol. The molecule has 4 rings (SSSR count). The second-order valence-electron chi connectivity index (χ2n) is 9.09. The minimum atomic E-state index is -0.106. The summed E-state index contributed by atoms with van der Waals surface area (Å²) in [6.07, 6.45) is 5.83. The molecular weight excluding hydrogens is 430 g/mol. The van der Waals surface area contributed by atoms with Crippen LogP contribution in [0, 0.1) is 0 Å². The van der Waals surface area contributed by atoms with E-state index in [2.05, 4.69) is 51.7 Å². The van der Waals surface area contributed by atoms with Gasteiger partial charge in [-0.1, -0.05) is 30.3 Å². The third-order valence-corrected chi connectivity index (χ3v) is 6.65. The maximum absolute atomic E-state index is 12.2. The van der Waals surface area contributed by atoms with Crippen molar-refractivity contribution in [3.63, 3.8) is 0 Å². The number of benzene rings is 2. The molecule has 7 heteroatoms. The van der Waals surface area contributed by atoms with Gasteiger partial charge in [-0.25, -0.2) is 5.48 Å². The molecule has 2 aliphatic rings. The molecule has 1 unspecified atom stereocenters. The summed E-state index contributed by atoms with van der Waals surface area (Å²) in [7, 11) is 1.70. The number of nitrogens with one attached hydrogen (secondary N) is 1. The standard InChI is InChI=1S/C27H37N3O4/c1-3-33-28-27(31)20-29-15-16-30(23(19-29)17-21-9-5-4-6-10-21)22-13-14-25(32-2)26(18-22)34-24-11-7-8-12-24/h4-6,9-10,13-14,18,23-24H,3,7-8,11-12,15-17,19-20H2,1-2H3,(H,28,31). The molecule has 1 saturated carbocycles. The monoisotopic (exact) mass is 467 g/mol. The largest absolute Gasteiger partial charge is 0.493 e. The predicted molar refractivity (Wildman–Crippen MR) is 133 cm³/mol.